The van der Waals surface area contributed by atoms with E-state index >= 15 is 0 Å². The first kappa shape index (κ1) is 10.6. The molecule has 0 amide bonds. The van der Waals surface area contributed by atoms with Crippen molar-refractivity contribution in [2.75, 3.05) is 18.1 Å². The van der Waals surface area contributed by atoms with Gasteiger partial charge in [-0.25, -0.2) is 4.98 Å². The minimum atomic E-state index is 0.587. The average Bonchev–Trinajstić information content (AvgIpc) is 2.74. The Morgan fingerprint density at radius 3 is 3.06 bits per heavy atom. The van der Waals surface area contributed by atoms with Gasteiger partial charge in [0.2, 0.25) is 0 Å². The molecule has 0 unspecified atom stereocenters. The van der Waals surface area contributed by atoms with Crippen molar-refractivity contribution in [2.24, 2.45) is 4.99 Å². The van der Waals surface area contributed by atoms with Gasteiger partial charge in [-0.3, -0.25) is 4.99 Å². The highest BCUT2D eigenvalue weighted by Crippen LogP contribution is 2.24. The fourth-order valence-electron chi connectivity index (χ4n) is 1.33. The molecular weight excluding hydrogens is 220 g/mol. The monoisotopic (exact) mass is 232 g/mol. The smallest absolute Gasteiger partial charge is 0.180 e. The summed E-state index contributed by atoms with van der Waals surface area (Å²) in [6.07, 6.45) is 1.65. The third kappa shape index (κ3) is 2.38. The van der Waals surface area contributed by atoms with Crippen LogP contribution in [0.1, 0.15) is 0 Å². The Morgan fingerprint density at radius 1 is 1.50 bits per heavy atom. The van der Waals surface area contributed by atoms with Gasteiger partial charge >= 0.3 is 0 Å². The molecule has 2 aromatic rings. The van der Waals surface area contributed by atoms with Crippen molar-refractivity contribution >= 4 is 28.5 Å². The van der Waals surface area contributed by atoms with E-state index in [4.69, 9.17) is 5.73 Å². The fourth-order valence-corrected chi connectivity index (χ4v) is 1.90. The molecular formula is C11H12N4S. The van der Waals surface area contributed by atoms with Crippen molar-refractivity contribution < 1.29 is 0 Å². The fraction of sp³-hybridized carbons (Fsp3) is 0.0909. The van der Waals surface area contributed by atoms with Gasteiger partial charge in [0, 0.05) is 23.7 Å². The van der Waals surface area contributed by atoms with E-state index in [-0.39, 0.29) is 0 Å². The maximum Gasteiger partial charge on any atom is 0.180 e. The quantitative estimate of drug-likeness (QED) is 0.631. The van der Waals surface area contributed by atoms with Crippen LogP contribution in [-0.2, 0) is 0 Å². The van der Waals surface area contributed by atoms with E-state index in [9.17, 15) is 0 Å². The maximum atomic E-state index is 5.60. The van der Waals surface area contributed by atoms with E-state index in [0.717, 1.165) is 16.9 Å². The Labute approximate surface area is 97.9 Å². The van der Waals surface area contributed by atoms with E-state index in [1.54, 1.807) is 13.4 Å². The van der Waals surface area contributed by atoms with Crippen LogP contribution in [0.5, 0.6) is 0 Å². The molecule has 0 atom stereocenters. The molecule has 0 aliphatic carbocycles. The minimum Gasteiger partial charge on any atom is -0.375 e. The predicted molar refractivity (Wildman–Crippen MR) is 70.0 cm³/mol. The number of nitrogen functional groups attached to an aromatic ring is 1. The number of nitrogens with zero attached hydrogens (tertiary/aromatic N) is 2. The van der Waals surface area contributed by atoms with Gasteiger partial charge in [-0.15, -0.1) is 11.3 Å². The summed E-state index contributed by atoms with van der Waals surface area (Å²) in [4.78, 5) is 8.11. The minimum absolute atomic E-state index is 0.587. The van der Waals surface area contributed by atoms with E-state index < -0.39 is 0 Å². The van der Waals surface area contributed by atoms with Gasteiger partial charge in [0.05, 0.1) is 12.0 Å². The predicted octanol–water partition coefficient (Wildman–Crippen LogP) is 2.46. The number of aromatic nitrogens is 1. The molecule has 16 heavy (non-hydrogen) atoms. The molecule has 0 bridgehead atoms. The Hall–Kier alpha value is -1.88. The van der Waals surface area contributed by atoms with Crippen LogP contribution >= 0.6 is 11.3 Å². The lowest BCUT2D eigenvalue weighted by Gasteiger charge is -2.02. The van der Waals surface area contributed by atoms with E-state index in [1.807, 2.05) is 29.6 Å². The molecule has 1 aromatic carbocycles. The van der Waals surface area contributed by atoms with Gasteiger partial charge in [0.15, 0.2) is 5.13 Å². The Balaban J connectivity index is 2.28. The first-order chi connectivity index (χ1) is 7.79. The SMILES string of the molecule is CN=CNc1cccc(-c2csc(N)n2)c1. The molecule has 1 aromatic heterocycles. The van der Waals surface area contributed by atoms with Crippen LogP contribution in [0, 0.1) is 0 Å². The lowest BCUT2D eigenvalue weighted by atomic mass is 10.1. The third-order valence-corrected chi connectivity index (χ3v) is 2.71. The van der Waals surface area contributed by atoms with Crippen molar-refractivity contribution in [1.82, 2.24) is 4.98 Å². The molecule has 0 saturated heterocycles. The normalized spacial score (nSPS) is 10.8. The van der Waals surface area contributed by atoms with Crippen molar-refractivity contribution in [3.63, 3.8) is 0 Å². The lowest BCUT2D eigenvalue weighted by Crippen LogP contribution is -1.94. The molecule has 82 valence electrons. The molecule has 2 rings (SSSR count). The summed E-state index contributed by atoms with van der Waals surface area (Å²) in [5.74, 6) is 0. The zero-order valence-electron chi connectivity index (χ0n) is 8.84. The Kier molecular flexibility index (Phi) is 3.16. The second-order valence-corrected chi connectivity index (χ2v) is 4.07. The molecule has 0 fully saturated rings. The number of benzene rings is 1. The molecule has 0 radical (unpaired) electrons. The van der Waals surface area contributed by atoms with Crippen LogP contribution in [0.15, 0.2) is 34.6 Å². The molecule has 4 nitrogen and oxygen atoms in total. The molecule has 3 N–H and O–H groups in total. The summed E-state index contributed by atoms with van der Waals surface area (Å²) in [6.45, 7) is 0. The summed E-state index contributed by atoms with van der Waals surface area (Å²) in [7, 11) is 1.72. The standard InChI is InChI=1S/C11H12N4S/c1-13-7-14-9-4-2-3-8(5-9)10-6-16-11(12)15-10/h2-7H,1H3,(H2,12,15)(H,13,14). The summed E-state index contributed by atoms with van der Waals surface area (Å²) in [5.41, 5.74) is 8.53. The summed E-state index contributed by atoms with van der Waals surface area (Å²) in [6, 6.07) is 7.95. The van der Waals surface area contributed by atoms with Crippen LogP contribution < -0.4 is 11.1 Å². The third-order valence-electron chi connectivity index (χ3n) is 2.04. The summed E-state index contributed by atoms with van der Waals surface area (Å²) < 4.78 is 0. The number of hydrogen-bond acceptors (Lipinski definition) is 4. The second-order valence-electron chi connectivity index (χ2n) is 3.18. The first-order valence-electron chi connectivity index (χ1n) is 4.78. The molecule has 0 spiro atoms. The highest BCUT2D eigenvalue weighted by molar-refractivity contribution is 7.13. The summed E-state index contributed by atoms with van der Waals surface area (Å²) >= 11 is 1.44. The van der Waals surface area contributed by atoms with Gasteiger partial charge in [0.1, 0.15) is 0 Å². The van der Waals surface area contributed by atoms with Crippen LogP contribution in [0.4, 0.5) is 10.8 Å². The van der Waals surface area contributed by atoms with Gasteiger partial charge in [-0.05, 0) is 12.1 Å². The second kappa shape index (κ2) is 4.76. The zero-order valence-corrected chi connectivity index (χ0v) is 9.66. The number of aliphatic imine (C=N–C) groups is 1. The zero-order chi connectivity index (χ0) is 11.4. The van der Waals surface area contributed by atoms with Crippen LogP contribution in [0.3, 0.4) is 0 Å². The number of thiazole rings is 1. The molecule has 0 aliphatic rings. The average molecular weight is 232 g/mol. The summed E-state index contributed by atoms with van der Waals surface area (Å²) in [5, 5.41) is 5.60. The van der Waals surface area contributed by atoms with E-state index in [0.29, 0.717) is 5.13 Å². The number of nitrogens with two attached hydrogens (primary N) is 1. The van der Waals surface area contributed by atoms with Crippen LogP contribution in [0.2, 0.25) is 0 Å². The van der Waals surface area contributed by atoms with Crippen molar-refractivity contribution in [3.8, 4) is 11.3 Å². The van der Waals surface area contributed by atoms with E-state index in [2.05, 4.69) is 15.3 Å². The van der Waals surface area contributed by atoms with Crippen molar-refractivity contribution in [2.45, 2.75) is 0 Å². The van der Waals surface area contributed by atoms with Crippen molar-refractivity contribution in [1.29, 1.82) is 0 Å². The Bertz CT molecular complexity index is 504. The first-order valence-corrected chi connectivity index (χ1v) is 5.66. The molecule has 5 heteroatoms. The van der Waals surface area contributed by atoms with Crippen LogP contribution in [-0.4, -0.2) is 18.4 Å². The molecule has 1 heterocycles. The highest BCUT2D eigenvalue weighted by Gasteiger charge is 2.02. The topological polar surface area (TPSA) is 63.3 Å². The van der Waals surface area contributed by atoms with Gasteiger partial charge < -0.3 is 11.1 Å². The number of nitrogens with one attached hydrogen (secondary N) is 1. The molecule has 0 saturated carbocycles. The van der Waals surface area contributed by atoms with Gasteiger partial charge in [-0.2, -0.15) is 0 Å². The van der Waals surface area contributed by atoms with Gasteiger partial charge in [0.25, 0.3) is 0 Å². The number of hydrogen-bond donors (Lipinski definition) is 2. The van der Waals surface area contributed by atoms with E-state index in [1.165, 1.54) is 11.3 Å². The van der Waals surface area contributed by atoms with Gasteiger partial charge in [-0.1, -0.05) is 12.1 Å². The largest absolute Gasteiger partial charge is 0.375 e. The van der Waals surface area contributed by atoms with Crippen molar-refractivity contribution in [3.05, 3.63) is 29.6 Å². The lowest BCUT2D eigenvalue weighted by molar-refractivity contribution is 1.41. The number of anilines is 2. The highest BCUT2D eigenvalue weighted by atomic mass is 32.1. The number of rotatable bonds is 3. The Morgan fingerprint density at radius 2 is 2.38 bits per heavy atom. The maximum absolute atomic E-state index is 5.60. The molecule has 0 aliphatic heterocycles. The van der Waals surface area contributed by atoms with Crippen LogP contribution in [0.25, 0.3) is 11.3 Å².